The summed E-state index contributed by atoms with van der Waals surface area (Å²) in [5.41, 5.74) is -3.65. The molecule has 330 valence electrons. The summed E-state index contributed by atoms with van der Waals surface area (Å²) in [4.78, 5) is 86.3. The van der Waals surface area contributed by atoms with Gasteiger partial charge in [-0.05, 0) is 110 Å². The van der Waals surface area contributed by atoms with Crippen molar-refractivity contribution in [2.45, 2.75) is 151 Å². The molecule has 1 aliphatic heterocycles. The van der Waals surface area contributed by atoms with Crippen LogP contribution in [-0.4, -0.2) is 168 Å². The molecule has 1 amide bonds. The molecule has 0 spiro atoms. The molecule has 1 aliphatic rings. The molecule has 0 aromatic carbocycles. The van der Waals surface area contributed by atoms with Gasteiger partial charge < -0.3 is 29.0 Å². The summed E-state index contributed by atoms with van der Waals surface area (Å²) in [7, 11) is 0. The van der Waals surface area contributed by atoms with Gasteiger partial charge >= 0.3 is 30.0 Å². The van der Waals surface area contributed by atoms with Gasteiger partial charge in [-0.15, -0.1) is 0 Å². The third-order valence-corrected chi connectivity index (χ3v) is 7.83. The topological polar surface area (TPSA) is 174 Å². The molecule has 16 nitrogen and oxygen atoms in total. The number of nitrogens with zero attached hydrogens (tertiary/aromatic N) is 4. The molecule has 1 fully saturated rings. The van der Waals surface area contributed by atoms with Gasteiger partial charge in [0.1, 0.15) is 34.0 Å². The Kier molecular flexibility index (Phi) is 20.1. The highest BCUT2D eigenvalue weighted by molar-refractivity contribution is 5.85. The largest absolute Gasteiger partial charge is 0.459 e. The van der Waals surface area contributed by atoms with Crippen LogP contribution >= 0.6 is 0 Å². The van der Waals surface area contributed by atoms with Crippen molar-refractivity contribution in [3.8, 4) is 0 Å². The Morgan fingerprint density at radius 1 is 0.474 bits per heavy atom. The van der Waals surface area contributed by atoms with Gasteiger partial charge in [-0.3, -0.25) is 43.6 Å². The number of hydrogen-bond acceptors (Lipinski definition) is 15. The Morgan fingerprint density at radius 2 is 0.789 bits per heavy atom. The maximum absolute atomic E-state index is 14.0. The monoisotopic (exact) mass is 814 g/mol. The zero-order valence-corrected chi connectivity index (χ0v) is 37.8. The van der Waals surface area contributed by atoms with Gasteiger partial charge in [0.15, 0.2) is 5.78 Å². The number of carbonyl (C=O) groups excluding carboxylic acids is 6. The number of ketones is 1. The minimum Gasteiger partial charge on any atom is -0.459 e. The van der Waals surface area contributed by atoms with E-state index in [9.17, 15) is 28.8 Å². The third-order valence-electron chi connectivity index (χ3n) is 7.83. The molecule has 0 bridgehead atoms. The van der Waals surface area contributed by atoms with E-state index >= 15 is 0 Å². The molecule has 0 aromatic heterocycles. The lowest BCUT2D eigenvalue weighted by Crippen LogP contribution is -2.53. The van der Waals surface area contributed by atoms with Crippen molar-refractivity contribution in [3.63, 3.8) is 0 Å². The maximum Gasteiger partial charge on any atom is 0.408 e. The van der Waals surface area contributed by atoms with Gasteiger partial charge in [0.05, 0.1) is 26.2 Å². The third kappa shape index (κ3) is 26.3. The number of hydrogen-bond donors (Lipinski definition) is 1. The molecule has 0 unspecified atom stereocenters. The number of nitrogens with one attached hydrogen (secondary N) is 1. The minimum absolute atomic E-state index is 0.00147. The van der Waals surface area contributed by atoms with Crippen LogP contribution in [0.15, 0.2) is 0 Å². The van der Waals surface area contributed by atoms with E-state index in [0.717, 1.165) is 0 Å². The normalized spacial score (nSPS) is 17.3. The van der Waals surface area contributed by atoms with Crippen molar-refractivity contribution in [1.29, 1.82) is 0 Å². The molecule has 1 atom stereocenters. The van der Waals surface area contributed by atoms with Gasteiger partial charge in [0, 0.05) is 58.8 Å². The number of ether oxygens (including phenoxy) is 5. The van der Waals surface area contributed by atoms with Crippen LogP contribution < -0.4 is 5.32 Å². The van der Waals surface area contributed by atoms with Gasteiger partial charge in [0.25, 0.3) is 0 Å². The quantitative estimate of drug-likeness (QED) is 0.210. The summed E-state index contributed by atoms with van der Waals surface area (Å²) in [6.45, 7) is 29.0. The number of rotatable bonds is 13. The molecule has 57 heavy (non-hydrogen) atoms. The molecule has 1 heterocycles. The lowest BCUT2D eigenvalue weighted by atomic mass is 10.1. The smallest absolute Gasteiger partial charge is 0.408 e. The SMILES string of the molecule is CC(C)(C)OC(=O)CN1CCN(CC(=O)OC(C)(C)C)CCN([C@H](CCC(=O)CNC(=O)OC(C)(C)C)C(=O)OC(C)(C)C)CCN(CC(=O)OC(C)(C)C)CC1. The van der Waals surface area contributed by atoms with Crippen molar-refractivity contribution < 1.29 is 52.5 Å². The van der Waals surface area contributed by atoms with Crippen LogP contribution in [0.1, 0.15) is 117 Å². The van der Waals surface area contributed by atoms with Gasteiger partial charge in [-0.25, -0.2) is 4.79 Å². The summed E-state index contributed by atoms with van der Waals surface area (Å²) in [6, 6.07) is -0.881. The van der Waals surface area contributed by atoms with Crippen molar-refractivity contribution in [3.05, 3.63) is 0 Å². The predicted molar refractivity (Wildman–Crippen MR) is 217 cm³/mol. The molecule has 1 N–H and O–H groups in total. The van der Waals surface area contributed by atoms with Gasteiger partial charge in [-0.1, -0.05) is 0 Å². The second kappa shape index (κ2) is 22.1. The van der Waals surface area contributed by atoms with Crippen LogP contribution in [0.25, 0.3) is 0 Å². The lowest BCUT2D eigenvalue weighted by Gasteiger charge is -2.37. The first-order valence-corrected chi connectivity index (χ1v) is 20.1. The summed E-state index contributed by atoms with van der Waals surface area (Å²) < 4.78 is 28.1. The fraction of sp³-hybridized carbons (Fsp3) is 0.854. The minimum atomic E-state index is -0.881. The molecule has 0 saturated carbocycles. The zero-order chi connectivity index (χ0) is 44.0. The van der Waals surface area contributed by atoms with Gasteiger partial charge in [0.2, 0.25) is 0 Å². The zero-order valence-electron chi connectivity index (χ0n) is 37.8. The van der Waals surface area contributed by atoms with E-state index in [4.69, 9.17) is 23.7 Å². The van der Waals surface area contributed by atoms with E-state index in [1.54, 1.807) is 104 Å². The Morgan fingerprint density at radius 3 is 1.11 bits per heavy atom. The van der Waals surface area contributed by atoms with E-state index in [1.165, 1.54) is 0 Å². The van der Waals surface area contributed by atoms with Crippen molar-refractivity contribution in [1.82, 2.24) is 24.9 Å². The first kappa shape index (κ1) is 51.7. The second-order valence-electron chi connectivity index (χ2n) is 19.6. The van der Waals surface area contributed by atoms with Crippen LogP contribution in [0.3, 0.4) is 0 Å². The standard InChI is InChI=1S/C41H75N5O11/c1-37(2,3)53-32(48)27-43-18-20-44(28-33(49)54-38(4,5)6)22-24-46(25-23-45(21-19-43)29-34(50)55-39(7,8)9)31(35(51)56-40(10,11)12)17-16-30(47)26-42-36(52)57-41(13,14)15/h31H,16-29H2,1-15H3,(H,42,52)/t31-/m1/s1. The lowest BCUT2D eigenvalue weighted by molar-refractivity contribution is -0.163. The first-order chi connectivity index (χ1) is 25.8. The Bertz CT molecular complexity index is 1290. The molecular weight excluding hydrogens is 738 g/mol. The number of esters is 4. The van der Waals surface area contributed by atoms with Crippen LogP contribution in [-0.2, 0) is 47.7 Å². The van der Waals surface area contributed by atoms with Crippen molar-refractivity contribution in [2.75, 3.05) is 78.5 Å². The molecule has 0 aliphatic carbocycles. The first-order valence-electron chi connectivity index (χ1n) is 20.1. The van der Waals surface area contributed by atoms with Gasteiger partial charge in [-0.2, -0.15) is 0 Å². The molecule has 16 heteroatoms. The Hall–Kier alpha value is -3.34. The molecule has 1 saturated heterocycles. The predicted octanol–water partition coefficient (Wildman–Crippen LogP) is 3.82. The number of amides is 1. The highest BCUT2D eigenvalue weighted by atomic mass is 16.6. The Labute approximate surface area is 341 Å². The summed E-state index contributed by atoms with van der Waals surface area (Å²) in [5.74, 6) is -2.06. The fourth-order valence-electron chi connectivity index (χ4n) is 5.70. The average molecular weight is 814 g/mol. The number of carbonyl (C=O) groups is 6. The summed E-state index contributed by atoms with van der Waals surface area (Å²) >= 11 is 0. The van der Waals surface area contributed by atoms with Crippen LogP contribution in [0.2, 0.25) is 0 Å². The maximum atomic E-state index is 14.0. The van der Waals surface area contributed by atoms with E-state index in [0.29, 0.717) is 39.3 Å². The van der Waals surface area contributed by atoms with E-state index < -0.39 is 64.0 Å². The second-order valence-corrected chi connectivity index (χ2v) is 19.6. The fourth-order valence-corrected chi connectivity index (χ4v) is 5.70. The van der Waals surface area contributed by atoms with E-state index in [1.807, 2.05) is 19.6 Å². The number of alkyl carbamates (subject to hydrolysis) is 1. The highest BCUT2D eigenvalue weighted by Crippen LogP contribution is 2.18. The summed E-state index contributed by atoms with van der Waals surface area (Å²) in [5, 5.41) is 2.49. The van der Waals surface area contributed by atoms with E-state index in [2.05, 4.69) is 5.32 Å². The van der Waals surface area contributed by atoms with E-state index in [-0.39, 0.29) is 57.9 Å². The van der Waals surface area contributed by atoms with Crippen LogP contribution in [0.4, 0.5) is 4.79 Å². The molecular formula is C41H75N5O11. The van der Waals surface area contributed by atoms with Crippen LogP contribution in [0, 0.1) is 0 Å². The average Bonchev–Trinajstić information content (AvgIpc) is 2.96. The molecule has 0 radical (unpaired) electrons. The molecule has 1 rings (SSSR count). The number of Topliss-reactive ketones (excluding diaryl/α,β-unsaturated/α-hetero) is 1. The van der Waals surface area contributed by atoms with Crippen molar-refractivity contribution >= 4 is 35.8 Å². The highest BCUT2D eigenvalue weighted by Gasteiger charge is 2.33. The van der Waals surface area contributed by atoms with Crippen molar-refractivity contribution in [2.24, 2.45) is 0 Å². The Balaban J connectivity index is 3.55. The molecule has 0 aromatic rings. The van der Waals surface area contributed by atoms with Crippen LogP contribution in [0.5, 0.6) is 0 Å². The summed E-state index contributed by atoms with van der Waals surface area (Å²) in [6.07, 6.45) is -0.674.